The Morgan fingerprint density at radius 3 is 2.60 bits per heavy atom. The molecule has 0 aliphatic heterocycles. The molecular formula is C18H19N3O3S. The Labute approximate surface area is 149 Å². The van der Waals surface area contributed by atoms with Crippen molar-refractivity contribution in [2.75, 3.05) is 7.11 Å². The number of amides is 2. The summed E-state index contributed by atoms with van der Waals surface area (Å²) in [5.74, 6) is -0.0270. The number of benzene rings is 1. The van der Waals surface area contributed by atoms with Crippen LogP contribution in [-0.4, -0.2) is 23.9 Å². The van der Waals surface area contributed by atoms with E-state index in [2.05, 4.69) is 15.8 Å². The maximum atomic E-state index is 12.2. The normalized spacial score (nSPS) is 10.7. The lowest BCUT2D eigenvalue weighted by molar-refractivity contribution is 0.0846. The van der Waals surface area contributed by atoms with Crippen molar-refractivity contribution in [1.29, 1.82) is 0 Å². The Morgan fingerprint density at radius 1 is 1.16 bits per heavy atom. The Kier molecular flexibility index (Phi) is 4.76. The van der Waals surface area contributed by atoms with Gasteiger partial charge in [-0.25, -0.2) is 0 Å². The molecule has 0 atom stereocenters. The minimum Gasteiger partial charge on any atom is -0.497 e. The Morgan fingerprint density at radius 2 is 1.92 bits per heavy atom. The Bertz CT molecular complexity index is 942. The van der Waals surface area contributed by atoms with Crippen LogP contribution in [0.3, 0.4) is 0 Å². The zero-order chi connectivity index (χ0) is 18.0. The second kappa shape index (κ2) is 6.98. The molecule has 2 amide bonds. The minimum absolute atomic E-state index is 0.320. The van der Waals surface area contributed by atoms with Gasteiger partial charge in [-0.2, -0.15) is 0 Å². The van der Waals surface area contributed by atoms with E-state index in [1.807, 2.05) is 38.1 Å². The number of hydrogen-bond donors (Lipinski definition) is 3. The highest BCUT2D eigenvalue weighted by Crippen LogP contribution is 2.22. The van der Waals surface area contributed by atoms with E-state index in [4.69, 9.17) is 4.74 Å². The number of aromatic nitrogens is 1. The number of aromatic amines is 1. The van der Waals surface area contributed by atoms with Gasteiger partial charge in [0.25, 0.3) is 11.8 Å². The van der Waals surface area contributed by atoms with Crippen LogP contribution >= 0.6 is 11.3 Å². The molecule has 0 fully saturated rings. The highest BCUT2D eigenvalue weighted by atomic mass is 32.1. The lowest BCUT2D eigenvalue weighted by Gasteiger charge is -2.04. The summed E-state index contributed by atoms with van der Waals surface area (Å²) in [7, 11) is 1.59. The highest BCUT2D eigenvalue weighted by Gasteiger charge is 2.14. The molecule has 0 aliphatic carbocycles. The van der Waals surface area contributed by atoms with Gasteiger partial charge in [-0.05, 0) is 43.2 Å². The molecule has 7 heteroatoms. The number of thiophene rings is 1. The summed E-state index contributed by atoms with van der Waals surface area (Å²) in [5, 5.41) is 0.888. The van der Waals surface area contributed by atoms with Gasteiger partial charge in [-0.1, -0.05) is 6.92 Å². The van der Waals surface area contributed by atoms with Crippen molar-refractivity contribution in [2.45, 2.75) is 20.3 Å². The summed E-state index contributed by atoms with van der Waals surface area (Å²) >= 11 is 1.44. The van der Waals surface area contributed by atoms with Crippen LogP contribution in [-0.2, 0) is 6.42 Å². The van der Waals surface area contributed by atoms with E-state index in [1.165, 1.54) is 16.2 Å². The molecule has 3 aromatic rings. The van der Waals surface area contributed by atoms with Crippen LogP contribution in [0.25, 0.3) is 10.9 Å². The first-order chi connectivity index (χ1) is 12.0. The number of carbonyl (C=O) groups excluding carboxylic acids is 2. The third kappa shape index (κ3) is 3.51. The second-order valence-corrected chi connectivity index (χ2v) is 6.75. The van der Waals surface area contributed by atoms with Crippen LogP contribution in [0.2, 0.25) is 0 Å². The van der Waals surface area contributed by atoms with Gasteiger partial charge in [-0.15, -0.1) is 11.3 Å². The van der Waals surface area contributed by atoms with Gasteiger partial charge in [0.05, 0.1) is 12.0 Å². The largest absolute Gasteiger partial charge is 0.497 e. The van der Waals surface area contributed by atoms with E-state index in [-0.39, 0.29) is 5.91 Å². The molecule has 0 spiro atoms. The molecule has 130 valence electrons. The van der Waals surface area contributed by atoms with E-state index < -0.39 is 5.91 Å². The molecular weight excluding hydrogens is 338 g/mol. The van der Waals surface area contributed by atoms with Gasteiger partial charge in [0.2, 0.25) is 0 Å². The van der Waals surface area contributed by atoms with Crippen LogP contribution in [0.5, 0.6) is 5.75 Å². The lowest BCUT2D eigenvalue weighted by atomic mass is 10.2. The molecule has 2 aromatic heterocycles. The summed E-state index contributed by atoms with van der Waals surface area (Å²) in [6.45, 7) is 4.02. The van der Waals surface area contributed by atoms with Gasteiger partial charge in [-0.3, -0.25) is 20.4 Å². The van der Waals surface area contributed by atoms with Gasteiger partial charge in [0.1, 0.15) is 11.4 Å². The van der Waals surface area contributed by atoms with Crippen molar-refractivity contribution in [1.82, 2.24) is 15.8 Å². The number of fused-ring (bicyclic) bond motifs is 1. The first-order valence-electron chi connectivity index (χ1n) is 7.88. The maximum absolute atomic E-state index is 12.2. The predicted molar refractivity (Wildman–Crippen MR) is 98.2 cm³/mol. The fraction of sp³-hybridized carbons (Fsp3) is 0.222. The van der Waals surface area contributed by atoms with Crippen LogP contribution < -0.4 is 15.6 Å². The summed E-state index contributed by atoms with van der Waals surface area (Å²) in [6.07, 6.45) is 0.884. The third-order valence-electron chi connectivity index (χ3n) is 3.93. The number of nitrogens with one attached hydrogen (secondary N) is 3. The molecule has 6 nitrogen and oxygen atoms in total. The summed E-state index contributed by atoms with van der Waals surface area (Å²) in [6, 6.07) is 9.05. The maximum Gasteiger partial charge on any atom is 0.286 e. The van der Waals surface area contributed by atoms with Crippen LogP contribution in [0, 0.1) is 6.92 Å². The highest BCUT2D eigenvalue weighted by molar-refractivity contribution is 7.14. The first kappa shape index (κ1) is 17.0. The van der Waals surface area contributed by atoms with Crippen LogP contribution in [0.15, 0.2) is 30.3 Å². The molecule has 0 aliphatic rings. The van der Waals surface area contributed by atoms with Crippen molar-refractivity contribution in [3.63, 3.8) is 0 Å². The smallest absolute Gasteiger partial charge is 0.286 e. The molecule has 0 saturated heterocycles. The molecule has 25 heavy (non-hydrogen) atoms. The zero-order valence-corrected chi connectivity index (χ0v) is 15.0. The van der Waals surface area contributed by atoms with Crippen molar-refractivity contribution >= 4 is 34.1 Å². The Hall–Kier alpha value is -2.80. The Balaban J connectivity index is 1.68. The van der Waals surface area contributed by atoms with Gasteiger partial charge >= 0.3 is 0 Å². The molecule has 0 bridgehead atoms. The molecule has 3 rings (SSSR count). The number of ether oxygens (including phenoxy) is 1. The molecule has 0 radical (unpaired) electrons. The molecule has 0 saturated carbocycles. The van der Waals surface area contributed by atoms with Gasteiger partial charge in [0, 0.05) is 21.8 Å². The standard InChI is InChI=1S/C18H19N3O3S/c1-4-15-10(2)7-16(25-15)18(23)21-20-17(22)14-8-11-5-6-12(24-3)9-13(11)19-14/h5-9,19H,4H2,1-3H3,(H,20,22)(H,21,23). The number of rotatable bonds is 4. The molecule has 0 unspecified atom stereocenters. The van der Waals surface area contributed by atoms with E-state index in [1.54, 1.807) is 13.2 Å². The van der Waals surface area contributed by atoms with Crippen LogP contribution in [0.4, 0.5) is 0 Å². The quantitative estimate of drug-likeness (QED) is 0.627. The van der Waals surface area contributed by atoms with Gasteiger partial charge < -0.3 is 9.72 Å². The summed E-state index contributed by atoms with van der Waals surface area (Å²) < 4.78 is 5.16. The van der Waals surface area contributed by atoms with E-state index in [0.717, 1.165) is 22.9 Å². The molecule has 3 N–H and O–H groups in total. The average Bonchev–Trinajstić information content (AvgIpc) is 3.21. The molecule has 1 aromatic carbocycles. The number of methoxy groups -OCH3 is 1. The topological polar surface area (TPSA) is 83.2 Å². The minimum atomic E-state index is -0.410. The fourth-order valence-corrected chi connectivity index (χ4v) is 3.59. The average molecular weight is 357 g/mol. The van der Waals surface area contributed by atoms with E-state index >= 15 is 0 Å². The number of H-pyrrole nitrogens is 1. The van der Waals surface area contributed by atoms with E-state index in [0.29, 0.717) is 16.3 Å². The monoisotopic (exact) mass is 357 g/mol. The summed E-state index contributed by atoms with van der Waals surface area (Å²) in [5.41, 5.74) is 7.14. The fourth-order valence-electron chi connectivity index (χ4n) is 2.58. The predicted octanol–water partition coefficient (Wildman–Crippen LogP) is 3.18. The van der Waals surface area contributed by atoms with Crippen molar-refractivity contribution < 1.29 is 14.3 Å². The second-order valence-electron chi connectivity index (χ2n) is 5.61. The SMILES string of the molecule is CCc1sc(C(=O)NNC(=O)c2cc3ccc(OC)cc3[nH]2)cc1C. The van der Waals surface area contributed by atoms with Crippen molar-refractivity contribution in [3.05, 3.63) is 51.3 Å². The zero-order valence-electron chi connectivity index (χ0n) is 14.2. The number of aryl methyl sites for hydroxylation is 2. The van der Waals surface area contributed by atoms with Crippen molar-refractivity contribution in [2.24, 2.45) is 0 Å². The lowest BCUT2D eigenvalue weighted by Crippen LogP contribution is -2.41. The molecule has 2 heterocycles. The number of hydrogen-bond acceptors (Lipinski definition) is 4. The number of carbonyl (C=O) groups is 2. The third-order valence-corrected chi connectivity index (χ3v) is 5.31. The number of hydrazine groups is 1. The van der Waals surface area contributed by atoms with E-state index in [9.17, 15) is 9.59 Å². The summed E-state index contributed by atoms with van der Waals surface area (Å²) in [4.78, 5) is 29.2. The van der Waals surface area contributed by atoms with Crippen LogP contribution in [0.1, 0.15) is 37.5 Å². The van der Waals surface area contributed by atoms with Gasteiger partial charge in [0.15, 0.2) is 0 Å². The van der Waals surface area contributed by atoms with Crippen molar-refractivity contribution in [3.8, 4) is 5.75 Å². The first-order valence-corrected chi connectivity index (χ1v) is 8.70.